The summed E-state index contributed by atoms with van der Waals surface area (Å²) < 4.78 is 5.23. The average molecular weight is 260 g/mol. The van der Waals surface area contributed by atoms with Crippen LogP contribution < -0.4 is 10.6 Å². The number of benzene rings is 1. The molecule has 1 aliphatic heterocycles. The Morgan fingerprint density at radius 3 is 2.42 bits per heavy atom. The lowest BCUT2D eigenvalue weighted by Gasteiger charge is -2.38. The molecule has 0 spiro atoms. The van der Waals surface area contributed by atoms with Gasteiger partial charge in [0.05, 0.1) is 13.2 Å². The van der Waals surface area contributed by atoms with Gasteiger partial charge in [0, 0.05) is 29.3 Å². The third kappa shape index (κ3) is 3.07. The number of carbonyl (C=O) groups is 1. The number of carbonyl (C=O) groups excluding carboxylic acids is 1. The van der Waals surface area contributed by atoms with Crippen LogP contribution in [-0.4, -0.2) is 25.7 Å². The summed E-state index contributed by atoms with van der Waals surface area (Å²) in [5, 5.41) is 6.35. The predicted octanol–water partition coefficient (Wildman–Crippen LogP) is 2.48. The number of ether oxygens (including phenoxy) is 1. The lowest BCUT2D eigenvalue weighted by atomic mass is 9.89. The van der Waals surface area contributed by atoms with Gasteiger partial charge in [-0.15, -0.1) is 0 Å². The summed E-state index contributed by atoms with van der Waals surface area (Å²) in [4.78, 5) is 11.6. The van der Waals surface area contributed by atoms with Gasteiger partial charge in [-0.2, -0.15) is 0 Å². The maximum atomic E-state index is 11.6. The zero-order valence-electron chi connectivity index (χ0n) is 11.2. The van der Waals surface area contributed by atoms with Crippen LogP contribution in [0.5, 0.6) is 0 Å². The molecule has 0 unspecified atom stereocenters. The second-order valence-corrected chi connectivity index (χ2v) is 6.00. The lowest BCUT2D eigenvalue weighted by molar-refractivity contribution is -0.117. The summed E-state index contributed by atoms with van der Waals surface area (Å²) in [6.45, 7) is 4.79. The largest absolute Gasteiger partial charge is 0.384 e. The molecule has 1 aromatic rings. The third-order valence-corrected chi connectivity index (χ3v) is 3.72. The Balaban J connectivity index is 1.51. The van der Waals surface area contributed by atoms with Crippen molar-refractivity contribution in [2.45, 2.75) is 19.8 Å². The number of rotatable bonds is 5. The molecule has 1 saturated heterocycles. The zero-order valence-corrected chi connectivity index (χ0v) is 11.2. The number of nitrogens with one attached hydrogen (secondary N) is 2. The predicted molar refractivity (Wildman–Crippen MR) is 75.2 cm³/mol. The van der Waals surface area contributed by atoms with Crippen LogP contribution in [0.2, 0.25) is 0 Å². The summed E-state index contributed by atoms with van der Waals surface area (Å²) >= 11 is 0. The zero-order chi connectivity index (χ0) is 13.3. The van der Waals surface area contributed by atoms with Gasteiger partial charge in [-0.25, -0.2) is 0 Å². The van der Waals surface area contributed by atoms with Gasteiger partial charge in [-0.05, 0) is 37.1 Å². The smallest absolute Gasteiger partial charge is 0.227 e. The maximum absolute atomic E-state index is 11.6. The summed E-state index contributed by atoms with van der Waals surface area (Å²) in [6, 6.07) is 7.90. The topological polar surface area (TPSA) is 50.4 Å². The first-order valence-corrected chi connectivity index (χ1v) is 6.87. The molecule has 0 aromatic heterocycles. The fourth-order valence-electron chi connectivity index (χ4n) is 2.13. The number of amides is 1. The molecule has 4 heteroatoms. The Morgan fingerprint density at radius 1 is 1.26 bits per heavy atom. The van der Waals surface area contributed by atoms with E-state index >= 15 is 0 Å². The molecule has 4 nitrogen and oxygen atoms in total. The summed E-state index contributed by atoms with van der Waals surface area (Å²) in [6.07, 6.45) is 2.07. The van der Waals surface area contributed by atoms with Crippen LogP contribution in [0, 0.1) is 11.3 Å². The van der Waals surface area contributed by atoms with Crippen LogP contribution in [0.1, 0.15) is 19.8 Å². The SMILES string of the molecule is CC1(CNc2ccc(NC(=O)C3CC3)cc2)COC1. The van der Waals surface area contributed by atoms with E-state index in [0.717, 1.165) is 44.0 Å². The molecule has 102 valence electrons. The fourth-order valence-corrected chi connectivity index (χ4v) is 2.13. The highest BCUT2D eigenvalue weighted by atomic mass is 16.5. The summed E-state index contributed by atoms with van der Waals surface area (Å²) in [5.74, 6) is 0.399. The fraction of sp³-hybridized carbons (Fsp3) is 0.533. The van der Waals surface area contributed by atoms with Gasteiger partial charge >= 0.3 is 0 Å². The highest BCUT2D eigenvalue weighted by Gasteiger charge is 2.33. The summed E-state index contributed by atoms with van der Waals surface area (Å²) in [7, 11) is 0. The molecule has 3 rings (SSSR count). The second-order valence-electron chi connectivity index (χ2n) is 6.00. The Hall–Kier alpha value is -1.55. The third-order valence-electron chi connectivity index (χ3n) is 3.72. The van der Waals surface area contributed by atoms with E-state index in [4.69, 9.17) is 4.74 Å². The molecule has 2 fully saturated rings. The molecule has 1 aromatic carbocycles. The maximum Gasteiger partial charge on any atom is 0.227 e. The van der Waals surface area contributed by atoms with E-state index in [2.05, 4.69) is 17.6 Å². The molecule has 2 aliphatic rings. The quantitative estimate of drug-likeness (QED) is 0.855. The molecular weight excluding hydrogens is 240 g/mol. The first-order valence-electron chi connectivity index (χ1n) is 6.87. The molecule has 0 bridgehead atoms. The van der Waals surface area contributed by atoms with Gasteiger partial charge in [0.2, 0.25) is 5.91 Å². The molecule has 1 amide bonds. The van der Waals surface area contributed by atoms with Gasteiger partial charge in [-0.3, -0.25) is 4.79 Å². The lowest BCUT2D eigenvalue weighted by Crippen LogP contribution is -2.45. The molecule has 2 N–H and O–H groups in total. The van der Waals surface area contributed by atoms with E-state index < -0.39 is 0 Å². The minimum Gasteiger partial charge on any atom is -0.384 e. The monoisotopic (exact) mass is 260 g/mol. The van der Waals surface area contributed by atoms with E-state index in [1.165, 1.54) is 0 Å². The van der Waals surface area contributed by atoms with Crippen molar-refractivity contribution in [3.8, 4) is 0 Å². The van der Waals surface area contributed by atoms with Crippen LogP contribution in [-0.2, 0) is 9.53 Å². The van der Waals surface area contributed by atoms with E-state index in [1.54, 1.807) is 0 Å². The van der Waals surface area contributed by atoms with Crippen LogP contribution in [0.3, 0.4) is 0 Å². The standard InChI is InChI=1S/C15H20N2O2/c1-15(9-19-10-15)8-16-12-4-6-13(7-5-12)17-14(18)11-2-3-11/h4-7,11,16H,2-3,8-10H2,1H3,(H,17,18). The van der Waals surface area contributed by atoms with Crippen LogP contribution in [0.25, 0.3) is 0 Å². The number of hydrogen-bond donors (Lipinski definition) is 2. The molecule has 1 saturated carbocycles. The summed E-state index contributed by atoms with van der Waals surface area (Å²) in [5.41, 5.74) is 2.22. The van der Waals surface area contributed by atoms with Crippen molar-refractivity contribution in [1.82, 2.24) is 0 Å². The van der Waals surface area contributed by atoms with Gasteiger partial charge in [0.1, 0.15) is 0 Å². The molecule has 1 aliphatic carbocycles. The molecular formula is C15H20N2O2. The van der Waals surface area contributed by atoms with Crippen molar-refractivity contribution in [1.29, 1.82) is 0 Å². The van der Waals surface area contributed by atoms with Crippen LogP contribution >= 0.6 is 0 Å². The first kappa shape index (κ1) is 12.5. The van der Waals surface area contributed by atoms with Crippen molar-refractivity contribution in [2.75, 3.05) is 30.4 Å². The van der Waals surface area contributed by atoms with Crippen molar-refractivity contribution >= 4 is 17.3 Å². The van der Waals surface area contributed by atoms with E-state index in [0.29, 0.717) is 0 Å². The molecule has 1 heterocycles. The number of hydrogen-bond acceptors (Lipinski definition) is 3. The van der Waals surface area contributed by atoms with E-state index in [9.17, 15) is 4.79 Å². The molecule has 0 atom stereocenters. The average Bonchev–Trinajstić information content (AvgIpc) is 3.20. The van der Waals surface area contributed by atoms with E-state index in [1.807, 2.05) is 24.3 Å². The van der Waals surface area contributed by atoms with Gasteiger partial charge < -0.3 is 15.4 Å². The highest BCUT2D eigenvalue weighted by molar-refractivity contribution is 5.94. The normalized spacial score (nSPS) is 20.5. The Labute approximate surface area is 113 Å². The number of anilines is 2. The minimum atomic E-state index is 0.153. The van der Waals surface area contributed by atoms with Crippen molar-refractivity contribution in [3.63, 3.8) is 0 Å². The second kappa shape index (κ2) is 4.85. The van der Waals surface area contributed by atoms with Crippen LogP contribution in [0.15, 0.2) is 24.3 Å². The van der Waals surface area contributed by atoms with Gasteiger partial charge in [-0.1, -0.05) is 6.92 Å². The first-order chi connectivity index (χ1) is 9.15. The molecule has 0 radical (unpaired) electrons. The minimum absolute atomic E-state index is 0.153. The Bertz CT molecular complexity index is 462. The molecule has 19 heavy (non-hydrogen) atoms. The van der Waals surface area contributed by atoms with Crippen molar-refractivity contribution < 1.29 is 9.53 Å². The van der Waals surface area contributed by atoms with E-state index in [-0.39, 0.29) is 17.2 Å². The Morgan fingerprint density at radius 2 is 1.89 bits per heavy atom. The van der Waals surface area contributed by atoms with Gasteiger partial charge in [0.15, 0.2) is 0 Å². The van der Waals surface area contributed by atoms with Gasteiger partial charge in [0.25, 0.3) is 0 Å². The Kier molecular flexibility index (Phi) is 3.19. The van der Waals surface area contributed by atoms with Crippen LogP contribution in [0.4, 0.5) is 11.4 Å². The van der Waals surface area contributed by atoms with Crippen molar-refractivity contribution in [2.24, 2.45) is 11.3 Å². The van der Waals surface area contributed by atoms with Crippen molar-refractivity contribution in [3.05, 3.63) is 24.3 Å². The highest BCUT2D eigenvalue weighted by Crippen LogP contribution is 2.30.